The molecule has 2 fully saturated rings. The quantitative estimate of drug-likeness (QED) is 0.271. The molecule has 4 rings (SSSR count). The molecule has 2 aliphatic rings. The maximum atomic E-state index is 14.0. The summed E-state index contributed by atoms with van der Waals surface area (Å²) in [7, 11) is -7.77. The second-order valence-corrected chi connectivity index (χ2v) is 15.4. The van der Waals surface area contributed by atoms with Crippen molar-refractivity contribution in [1.82, 2.24) is 13.9 Å². The van der Waals surface area contributed by atoms with Crippen molar-refractivity contribution in [2.45, 2.75) is 67.8 Å². The molecule has 1 atom stereocenters. The van der Waals surface area contributed by atoms with Crippen LogP contribution in [-0.2, 0) is 26.6 Å². The Kier molecular flexibility index (Phi) is 11.6. The van der Waals surface area contributed by atoms with Crippen molar-refractivity contribution in [3.63, 3.8) is 0 Å². The molecule has 2 aromatic rings. The minimum atomic E-state index is -3.90. The Hall–Kier alpha value is -2.27. The topological polar surface area (TPSA) is 86.8 Å². The highest BCUT2D eigenvalue weighted by atomic mass is 35.5. The second kappa shape index (κ2) is 14.9. The average molecular weight is 632 g/mol. The van der Waals surface area contributed by atoms with Crippen LogP contribution >= 0.6 is 11.6 Å². The Morgan fingerprint density at radius 3 is 2.14 bits per heavy atom. The Morgan fingerprint density at radius 1 is 0.929 bits per heavy atom. The fourth-order valence-electron chi connectivity index (χ4n) is 5.69. The van der Waals surface area contributed by atoms with Gasteiger partial charge < -0.3 is 5.32 Å². The molecule has 2 aromatic carbocycles. The van der Waals surface area contributed by atoms with Gasteiger partial charge in [-0.3, -0.25) is 0 Å². The molecule has 1 heterocycles. The Labute approximate surface area is 257 Å². The largest absolute Gasteiger partial charge is 0.316 e. The van der Waals surface area contributed by atoms with Crippen LogP contribution in [0, 0.1) is 5.92 Å². The van der Waals surface area contributed by atoms with E-state index in [1.54, 1.807) is 16.5 Å². The molecule has 1 aliphatic heterocycles. The summed E-state index contributed by atoms with van der Waals surface area (Å²) in [5.74, 6) is 0.211. The van der Waals surface area contributed by atoms with E-state index in [0.717, 1.165) is 62.8 Å². The van der Waals surface area contributed by atoms with Gasteiger partial charge in [0.1, 0.15) is 0 Å². The number of sulfonamides is 2. The van der Waals surface area contributed by atoms with Crippen LogP contribution in [0.1, 0.15) is 51.0 Å². The zero-order valence-electron chi connectivity index (χ0n) is 24.3. The third-order valence-corrected chi connectivity index (χ3v) is 11.9. The maximum Gasteiger partial charge on any atom is 0.243 e. The van der Waals surface area contributed by atoms with E-state index in [1.807, 2.05) is 43.3 Å². The van der Waals surface area contributed by atoms with Crippen LogP contribution in [0.4, 0.5) is 0 Å². The van der Waals surface area contributed by atoms with Crippen molar-refractivity contribution in [3.05, 3.63) is 95.6 Å². The first-order chi connectivity index (χ1) is 20.1. The van der Waals surface area contributed by atoms with Gasteiger partial charge in [0.15, 0.2) is 0 Å². The summed E-state index contributed by atoms with van der Waals surface area (Å²) in [6.07, 6.45) is 10.8. The van der Waals surface area contributed by atoms with E-state index in [9.17, 15) is 16.8 Å². The van der Waals surface area contributed by atoms with Gasteiger partial charge in [-0.15, -0.1) is 0 Å². The van der Waals surface area contributed by atoms with Gasteiger partial charge in [-0.25, -0.2) is 16.8 Å². The Balaban J connectivity index is 1.61. The van der Waals surface area contributed by atoms with E-state index in [1.165, 1.54) is 28.6 Å². The molecule has 1 aliphatic carbocycles. The highest BCUT2D eigenvalue weighted by Gasteiger charge is 2.34. The SMILES string of the molecule is C=C(Cl)/C=C\C(=C/C)CN(C1CCCC1)S(=O)(=O)c1ccc(S(=O)(=O)N(Cc2ccccc2)CC2CCCNC2)cc1. The number of allylic oxidation sites excluding steroid dienone is 3. The monoisotopic (exact) mass is 631 g/mol. The molecule has 7 nitrogen and oxygen atoms in total. The molecule has 42 heavy (non-hydrogen) atoms. The van der Waals surface area contributed by atoms with Crippen molar-refractivity contribution in [2.75, 3.05) is 26.2 Å². The fraction of sp³-hybridized carbons (Fsp3) is 0.438. The third-order valence-electron chi connectivity index (χ3n) is 8.05. The van der Waals surface area contributed by atoms with Gasteiger partial charge in [0.2, 0.25) is 20.0 Å². The molecule has 0 amide bonds. The van der Waals surface area contributed by atoms with Crippen molar-refractivity contribution in [1.29, 1.82) is 0 Å². The summed E-state index contributed by atoms with van der Waals surface area (Å²) in [6, 6.07) is 15.2. The lowest BCUT2D eigenvalue weighted by molar-refractivity contribution is 0.287. The standard InChI is InChI=1S/C32H42ClN3O4S2/c1-3-27(16-15-26(2)33)25-36(30-13-7-8-14-30)42(39,40)32-19-17-31(18-20-32)41(37,38)35(23-28-10-5-4-6-11-28)24-29-12-9-21-34-22-29/h3-6,10-11,15-20,29-30,34H,2,7-9,12-14,21-25H2,1H3/b16-15-,27-3+. The maximum absolute atomic E-state index is 14.0. The molecule has 10 heteroatoms. The van der Waals surface area contributed by atoms with Crippen LogP contribution < -0.4 is 5.32 Å². The van der Waals surface area contributed by atoms with Crippen molar-refractivity contribution < 1.29 is 16.8 Å². The lowest BCUT2D eigenvalue weighted by Crippen LogP contribution is -2.41. The summed E-state index contributed by atoms with van der Waals surface area (Å²) in [5, 5.41) is 3.74. The second-order valence-electron chi connectivity index (χ2n) is 11.1. The van der Waals surface area contributed by atoms with Gasteiger partial charge in [-0.1, -0.05) is 73.5 Å². The zero-order valence-corrected chi connectivity index (χ0v) is 26.7. The highest BCUT2D eigenvalue weighted by Crippen LogP contribution is 2.31. The molecule has 1 unspecified atom stereocenters. The number of benzene rings is 2. The van der Waals surface area contributed by atoms with Crippen molar-refractivity contribution in [3.8, 4) is 0 Å². The first-order valence-corrected chi connectivity index (χ1v) is 17.9. The smallest absolute Gasteiger partial charge is 0.243 e. The molecular formula is C32H42ClN3O4S2. The van der Waals surface area contributed by atoms with Crippen LogP contribution in [0.5, 0.6) is 0 Å². The predicted molar refractivity (Wildman–Crippen MR) is 170 cm³/mol. The number of hydrogen-bond acceptors (Lipinski definition) is 5. The van der Waals surface area contributed by atoms with Crippen LogP contribution in [0.2, 0.25) is 0 Å². The molecule has 228 valence electrons. The molecule has 0 bridgehead atoms. The van der Waals surface area contributed by atoms with Gasteiger partial charge in [-0.05, 0) is 93.1 Å². The highest BCUT2D eigenvalue weighted by molar-refractivity contribution is 7.89. The van der Waals surface area contributed by atoms with Gasteiger partial charge in [-0.2, -0.15) is 8.61 Å². The number of rotatable bonds is 13. The van der Waals surface area contributed by atoms with Crippen LogP contribution in [0.25, 0.3) is 0 Å². The summed E-state index contributed by atoms with van der Waals surface area (Å²) < 4.78 is 58.9. The van der Waals surface area contributed by atoms with Gasteiger partial charge in [0.25, 0.3) is 0 Å². The normalized spacial score (nSPS) is 19.2. The number of hydrogen-bond donors (Lipinski definition) is 1. The van der Waals surface area contributed by atoms with Crippen LogP contribution in [-0.4, -0.2) is 57.7 Å². The minimum Gasteiger partial charge on any atom is -0.316 e. The minimum absolute atomic E-state index is 0.0839. The average Bonchev–Trinajstić information content (AvgIpc) is 3.52. The predicted octanol–water partition coefficient (Wildman–Crippen LogP) is 6.07. The first kappa shape index (κ1) is 32.6. The zero-order chi connectivity index (χ0) is 30.2. The van der Waals surface area contributed by atoms with Crippen LogP contribution in [0.15, 0.2) is 99.8 Å². The van der Waals surface area contributed by atoms with Gasteiger partial charge in [0, 0.05) is 30.7 Å². The Bertz CT molecular complexity index is 1460. The van der Waals surface area contributed by atoms with Gasteiger partial charge >= 0.3 is 0 Å². The number of halogens is 1. The van der Waals surface area contributed by atoms with E-state index in [0.29, 0.717) is 11.6 Å². The molecule has 1 saturated carbocycles. The summed E-state index contributed by atoms with van der Waals surface area (Å²) in [4.78, 5) is 0.173. The number of piperidine rings is 1. The lowest BCUT2D eigenvalue weighted by atomic mass is 10.00. The van der Waals surface area contributed by atoms with E-state index >= 15 is 0 Å². The fourth-order valence-corrected chi connectivity index (χ4v) is 8.93. The number of nitrogens with zero attached hydrogens (tertiary/aromatic N) is 2. The summed E-state index contributed by atoms with van der Waals surface area (Å²) in [6.45, 7) is 8.11. The molecule has 0 aromatic heterocycles. The van der Waals surface area contributed by atoms with Crippen molar-refractivity contribution >= 4 is 31.6 Å². The van der Waals surface area contributed by atoms with E-state index in [2.05, 4.69) is 11.9 Å². The lowest BCUT2D eigenvalue weighted by Gasteiger charge is -2.30. The molecule has 1 N–H and O–H groups in total. The summed E-state index contributed by atoms with van der Waals surface area (Å²) >= 11 is 5.91. The molecular weight excluding hydrogens is 590 g/mol. The molecule has 0 spiro atoms. The number of nitrogens with one attached hydrogen (secondary N) is 1. The molecule has 1 saturated heterocycles. The van der Waals surface area contributed by atoms with Crippen LogP contribution in [0.3, 0.4) is 0 Å². The van der Waals surface area contributed by atoms with E-state index in [4.69, 9.17) is 11.6 Å². The first-order valence-electron chi connectivity index (χ1n) is 14.7. The van der Waals surface area contributed by atoms with E-state index < -0.39 is 20.0 Å². The summed E-state index contributed by atoms with van der Waals surface area (Å²) in [5.41, 5.74) is 1.71. The van der Waals surface area contributed by atoms with E-state index in [-0.39, 0.29) is 34.8 Å². The van der Waals surface area contributed by atoms with Gasteiger partial charge in [0.05, 0.1) is 9.79 Å². The molecule has 0 radical (unpaired) electrons. The third kappa shape index (κ3) is 8.42. The Morgan fingerprint density at radius 2 is 1.57 bits per heavy atom. The van der Waals surface area contributed by atoms with Crippen molar-refractivity contribution in [2.24, 2.45) is 5.92 Å².